The molecule has 0 aromatic heterocycles. The Hall–Kier alpha value is -2.18. The maximum atomic E-state index is 13.1. The van der Waals surface area contributed by atoms with Crippen molar-refractivity contribution in [3.63, 3.8) is 0 Å². The largest absolute Gasteiger partial charge is 0.465 e. The minimum absolute atomic E-state index is 0.149. The number of hydrogen-bond acceptors (Lipinski definition) is 5. The number of ether oxygens (including phenoxy) is 1. The smallest absolute Gasteiger partial charge is 0.328 e. The van der Waals surface area contributed by atoms with Crippen LogP contribution < -0.4 is 5.73 Å². The number of sulfone groups is 1. The first-order valence-electron chi connectivity index (χ1n) is 8.15. The second-order valence-corrected chi connectivity index (χ2v) is 8.39. The van der Waals surface area contributed by atoms with E-state index >= 15 is 0 Å². The highest BCUT2D eigenvalue weighted by molar-refractivity contribution is 7.92. The molecule has 25 heavy (non-hydrogen) atoms. The number of benzene rings is 2. The molecule has 2 N–H and O–H groups in total. The van der Waals surface area contributed by atoms with Crippen molar-refractivity contribution >= 4 is 15.8 Å². The van der Waals surface area contributed by atoms with Crippen LogP contribution in [0, 0.1) is 6.92 Å². The summed E-state index contributed by atoms with van der Waals surface area (Å²) < 4.78 is 31.2. The lowest BCUT2D eigenvalue weighted by molar-refractivity contribution is -0.145. The van der Waals surface area contributed by atoms with Crippen molar-refractivity contribution in [1.29, 1.82) is 0 Å². The summed E-state index contributed by atoms with van der Waals surface area (Å²) in [5.74, 6) is -1.30. The second-order valence-electron chi connectivity index (χ2n) is 6.32. The van der Waals surface area contributed by atoms with Gasteiger partial charge in [-0.25, -0.2) is 13.2 Å². The highest BCUT2D eigenvalue weighted by atomic mass is 32.2. The normalized spacial score (nSPS) is 25.4. The molecule has 3 atom stereocenters. The minimum atomic E-state index is -3.77. The van der Waals surface area contributed by atoms with E-state index in [1.54, 1.807) is 25.1 Å². The van der Waals surface area contributed by atoms with Gasteiger partial charge in [0.05, 0.1) is 11.5 Å². The molecule has 0 amide bonds. The van der Waals surface area contributed by atoms with Crippen molar-refractivity contribution in [1.82, 2.24) is 0 Å². The first-order valence-corrected chi connectivity index (χ1v) is 9.69. The van der Waals surface area contributed by atoms with Crippen molar-refractivity contribution < 1.29 is 17.9 Å². The fourth-order valence-corrected chi connectivity index (χ4v) is 5.54. The number of esters is 1. The van der Waals surface area contributed by atoms with Crippen LogP contribution in [0.15, 0.2) is 59.5 Å². The topological polar surface area (TPSA) is 86.5 Å². The number of hydrogen-bond donors (Lipinski definition) is 1. The van der Waals surface area contributed by atoms with Gasteiger partial charge in [-0.1, -0.05) is 48.0 Å². The SMILES string of the molecule is CCOC(=O)[C@]1(N)[C@@H](c2ccc(C)cc2)[C@@H]1S(=O)(=O)c1ccccc1. The lowest BCUT2D eigenvalue weighted by atomic mass is 10.1. The molecule has 0 bridgehead atoms. The average Bonchev–Trinajstić information content (AvgIpc) is 3.25. The number of carbonyl (C=O) groups is 1. The van der Waals surface area contributed by atoms with Gasteiger partial charge in [0.25, 0.3) is 0 Å². The monoisotopic (exact) mass is 359 g/mol. The summed E-state index contributed by atoms with van der Waals surface area (Å²) in [7, 11) is -3.77. The Balaban J connectivity index is 2.06. The van der Waals surface area contributed by atoms with Crippen LogP contribution in [0.25, 0.3) is 0 Å². The summed E-state index contributed by atoms with van der Waals surface area (Å²) in [6.45, 7) is 3.76. The lowest BCUT2D eigenvalue weighted by Crippen LogP contribution is -2.41. The van der Waals surface area contributed by atoms with Gasteiger partial charge in [0.2, 0.25) is 0 Å². The molecule has 6 heteroatoms. The number of carbonyl (C=O) groups excluding carboxylic acids is 1. The van der Waals surface area contributed by atoms with Gasteiger partial charge in [0.1, 0.15) is 10.8 Å². The van der Waals surface area contributed by atoms with Crippen LogP contribution in [-0.4, -0.2) is 31.8 Å². The van der Waals surface area contributed by atoms with E-state index in [1.807, 2.05) is 31.2 Å². The Morgan fingerprint density at radius 3 is 2.28 bits per heavy atom. The van der Waals surface area contributed by atoms with Crippen molar-refractivity contribution in [2.24, 2.45) is 5.73 Å². The van der Waals surface area contributed by atoms with Gasteiger partial charge in [0.15, 0.2) is 9.84 Å². The summed E-state index contributed by atoms with van der Waals surface area (Å²) >= 11 is 0. The fraction of sp³-hybridized carbons (Fsp3) is 0.316. The molecule has 5 nitrogen and oxygen atoms in total. The molecule has 2 aromatic carbocycles. The van der Waals surface area contributed by atoms with Crippen molar-refractivity contribution in [3.05, 3.63) is 65.7 Å². The van der Waals surface area contributed by atoms with E-state index in [0.717, 1.165) is 11.1 Å². The highest BCUT2D eigenvalue weighted by Gasteiger charge is 2.74. The van der Waals surface area contributed by atoms with E-state index in [9.17, 15) is 13.2 Å². The standard InChI is InChI=1S/C19H21NO4S/c1-3-24-18(21)19(20)16(14-11-9-13(2)10-12-14)17(19)25(22,23)15-7-5-4-6-8-15/h4-12,16-17H,3,20H2,1-2H3/t16-,17-,19-/m0/s1. The highest BCUT2D eigenvalue weighted by Crippen LogP contribution is 2.56. The second kappa shape index (κ2) is 6.28. The maximum absolute atomic E-state index is 13.1. The van der Waals surface area contributed by atoms with Crippen LogP contribution in [0.2, 0.25) is 0 Å². The molecule has 0 radical (unpaired) electrons. The van der Waals surface area contributed by atoms with Crippen molar-refractivity contribution in [2.75, 3.05) is 6.61 Å². The molecule has 1 fully saturated rings. The predicted molar refractivity (Wildman–Crippen MR) is 94.9 cm³/mol. The number of nitrogens with two attached hydrogens (primary N) is 1. The Morgan fingerprint density at radius 2 is 1.72 bits per heavy atom. The van der Waals surface area contributed by atoms with Crippen LogP contribution >= 0.6 is 0 Å². The van der Waals surface area contributed by atoms with Crippen LogP contribution in [-0.2, 0) is 19.4 Å². The molecular formula is C19H21NO4S. The summed E-state index contributed by atoms with van der Waals surface area (Å²) in [5.41, 5.74) is 6.51. The molecule has 0 heterocycles. The first-order chi connectivity index (χ1) is 11.8. The van der Waals surface area contributed by atoms with E-state index in [2.05, 4.69) is 0 Å². The molecule has 0 unspecified atom stereocenters. The van der Waals surface area contributed by atoms with Gasteiger partial charge in [-0.2, -0.15) is 0 Å². The fourth-order valence-electron chi connectivity index (χ4n) is 3.29. The summed E-state index contributed by atoms with van der Waals surface area (Å²) in [4.78, 5) is 12.6. The van der Waals surface area contributed by atoms with Crippen LogP contribution in [0.5, 0.6) is 0 Å². The third-order valence-corrected chi connectivity index (χ3v) is 6.91. The van der Waals surface area contributed by atoms with Crippen molar-refractivity contribution in [2.45, 2.75) is 35.4 Å². The summed E-state index contributed by atoms with van der Waals surface area (Å²) in [6, 6.07) is 15.5. The zero-order valence-corrected chi connectivity index (χ0v) is 15.0. The maximum Gasteiger partial charge on any atom is 0.328 e. The molecular weight excluding hydrogens is 338 g/mol. The summed E-state index contributed by atoms with van der Waals surface area (Å²) in [5, 5.41) is -1.04. The zero-order chi connectivity index (χ0) is 18.2. The molecule has 2 aromatic rings. The Kier molecular flexibility index (Phi) is 4.43. The van der Waals surface area contributed by atoms with Crippen LogP contribution in [0.1, 0.15) is 24.0 Å². The molecule has 0 spiro atoms. The zero-order valence-electron chi connectivity index (χ0n) is 14.2. The van der Waals surface area contributed by atoms with Gasteiger partial charge in [-0.3, -0.25) is 0 Å². The molecule has 1 aliphatic carbocycles. The molecule has 1 saturated carbocycles. The van der Waals surface area contributed by atoms with E-state index in [-0.39, 0.29) is 11.5 Å². The van der Waals surface area contributed by atoms with Crippen LogP contribution in [0.3, 0.4) is 0 Å². The van der Waals surface area contributed by atoms with Gasteiger partial charge in [0, 0.05) is 5.92 Å². The molecule has 132 valence electrons. The van der Waals surface area contributed by atoms with Gasteiger partial charge >= 0.3 is 5.97 Å². The predicted octanol–water partition coefficient (Wildman–Crippen LogP) is 2.20. The third kappa shape index (κ3) is 2.85. The van der Waals surface area contributed by atoms with E-state index in [4.69, 9.17) is 10.5 Å². The number of aryl methyl sites for hydroxylation is 1. The molecule has 1 aliphatic rings. The lowest BCUT2D eigenvalue weighted by Gasteiger charge is -2.11. The Bertz CT molecular complexity index is 877. The molecule has 3 rings (SSSR count). The number of rotatable bonds is 5. The first kappa shape index (κ1) is 17.6. The van der Waals surface area contributed by atoms with Gasteiger partial charge < -0.3 is 10.5 Å². The van der Waals surface area contributed by atoms with Crippen LogP contribution in [0.4, 0.5) is 0 Å². The third-order valence-electron chi connectivity index (χ3n) is 4.65. The Morgan fingerprint density at radius 1 is 1.12 bits per heavy atom. The van der Waals surface area contributed by atoms with E-state index < -0.39 is 32.5 Å². The van der Waals surface area contributed by atoms with Gasteiger partial charge in [-0.05, 0) is 31.5 Å². The minimum Gasteiger partial charge on any atom is -0.465 e. The van der Waals surface area contributed by atoms with Crippen molar-refractivity contribution in [3.8, 4) is 0 Å². The molecule has 0 aliphatic heterocycles. The van der Waals surface area contributed by atoms with Gasteiger partial charge in [-0.15, -0.1) is 0 Å². The quantitative estimate of drug-likeness (QED) is 0.827. The van der Waals surface area contributed by atoms with E-state index in [1.165, 1.54) is 12.1 Å². The average molecular weight is 359 g/mol. The summed E-state index contributed by atoms with van der Waals surface area (Å²) in [6.07, 6.45) is 0. The van der Waals surface area contributed by atoms with E-state index in [0.29, 0.717) is 0 Å². The Labute approximate surface area is 147 Å². The molecule has 0 saturated heterocycles.